The van der Waals surface area contributed by atoms with Crippen LogP contribution in [0.25, 0.3) is 21.7 Å². The molecule has 4 aromatic rings. The molecule has 3 aromatic carbocycles. The largest absolute Gasteiger partial charge is 0.416 e. The first-order valence-corrected chi connectivity index (χ1v) is 8.46. The molecule has 1 heterocycles. The predicted octanol–water partition coefficient (Wildman–Crippen LogP) is 5.72. The van der Waals surface area contributed by atoms with Crippen molar-refractivity contribution in [2.45, 2.75) is 19.6 Å². The summed E-state index contributed by atoms with van der Waals surface area (Å²) in [6.07, 6.45) is -2.49. The van der Waals surface area contributed by atoms with Crippen molar-refractivity contribution in [3.8, 4) is 0 Å². The lowest BCUT2D eigenvalue weighted by Gasteiger charge is -2.11. The van der Waals surface area contributed by atoms with Crippen LogP contribution in [-0.2, 0) is 12.7 Å². The zero-order valence-electron chi connectivity index (χ0n) is 14.5. The zero-order valence-corrected chi connectivity index (χ0v) is 14.5. The van der Waals surface area contributed by atoms with E-state index in [9.17, 15) is 13.2 Å². The van der Waals surface area contributed by atoms with Gasteiger partial charge in [-0.1, -0.05) is 18.2 Å². The molecular formula is C21H16F3N3. The van der Waals surface area contributed by atoms with E-state index in [1.54, 1.807) is 0 Å². The molecule has 0 saturated heterocycles. The number of nitrogens with zero attached hydrogens (tertiary/aromatic N) is 2. The first kappa shape index (κ1) is 17.3. The second-order valence-corrected chi connectivity index (χ2v) is 6.40. The number of hydrogen-bond donors (Lipinski definition) is 1. The average molecular weight is 367 g/mol. The van der Waals surface area contributed by atoms with E-state index < -0.39 is 11.7 Å². The predicted molar refractivity (Wildman–Crippen MR) is 101 cm³/mol. The topological polar surface area (TPSA) is 37.8 Å². The Bertz CT molecular complexity index is 1120. The van der Waals surface area contributed by atoms with Gasteiger partial charge in [-0.05, 0) is 59.7 Å². The van der Waals surface area contributed by atoms with Gasteiger partial charge >= 0.3 is 6.18 Å². The van der Waals surface area contributed by atoms with Gasteiger partial charge in [0.2, 0.25) is 0 Å². The lowest BCUT2D eigenvalue weighted by atomic mass is 10.0. The van der Waals surface area contributed by atoms with E-state index in [1.807, 2.05) is 37.4 Å². The maximum atomic E-state index is 12.6. The van der Waals surface area contributed by atoms with Gasteiger partial charge in [0.05, 0.1) is 11.1 Å². The molecule has 0 aliphatic carbocycles. The minimum atomic E-state index is -4.32. The molecule has 0 spiro atoms. The number of fused-ring (bicyclic) bond motifs is 3. The average Bonchev–Trinajstić information content (AvgIpc) is 2.65. The highest BCUT2D eigenvalue weighted by Crippen LogP contribution is 2.30. The molecule has 1 N–H and O–H groups in total. The number of aromatic nitrogens is 2. The van der Waals surface area contributed by atoms with E-state index in [0.29, 0.717) is 12.2 Å². The van der Waals surface area contributed by atoms with Crippen molar-refractivity contribution in [2.24, 2.45) is 0 Å². The Morgan fingerprint density at radius 1 is 0.926 bits per heavy atom. The maximum Gasteiger partial charge on any atom is 0.416 e. The number of alkyl halides is 3. The van der Waals surface area contributed by atoms with Gasteiger partial charge in [0.15, 0.2) is 0 Å². The molecule has 0 fully saturated rings. The highest BCUT2D eigenvalue weighted by Gasteiger charge is 2.29. The Balaban J connectivity index is 1.60. The first-order valence-electron chi connectivity index (χ1n) is 8.46. The Hall–Kier alpha value is -3.15. The summed E-state index contributed by atoms with van der Waals surface area (Å²) < 4.78 is 37.9. The van der Waals surface area contributed by atoms with Crippen LogP contribution in [-0.4, -0.2) is 9.97 Å². The van der Waals surface area contributed by atoms with Crippen LogP contribution >= 0.6 is 0 Å². The van der Waals surface area contributed by atoms with Crippen molar-refractivity contribution >= 4 is 27.4 Å². The van der Waals surface area contributed by atoms with Crippen LogP contribution in [0.15, 0.2) is 60.8 Å². The number of nitrogens with one attached hydrogen (secondary N) is 1. The van der Waals surface area contributed by atoms with Crippen LogP contribution in [0.4, 0.5) is 18.9 Å². The van der Waals surface area contributed by atoms with Crippen molar-refractivity contribution in [3.63, 3.8) is 0 Å². The minimum absolute atomic E-state index is 0.504. The smallest absolute Gasteiger partial charge is 0.381 e. The quantitative estimate of drug-likeness (QED) is 0.471. The molecule has 136 valence electrons. The van der Waals surface area contributed by atoms with Gasteiger partial charge in [-0.2, -0.15) is 13.2 Å². The fourth-order valence-corrected chi connectivity index (χ4v) is 3.06. The summed E-state index contributed by atoms with van der Waals surface area (Å²) in [5.41, 5.74) is 1.90. The second-order valence-electron chi connectivity index (χ2n) is 6.40. The second kappa shape index (κ2) is 6.54. The normalized spacial score (nSPS) is 11.9. The molecule has 0 bridgehead atoms. The number of benzene rings is 3. The van der Waals surface area contributed by atoms with Gasteiger partial charge in [0, 0.05) is 23.8 Å². The van der Waals surface area contributed by atoms with E-state index in [4.69, 9.17) is 0 Å². The molecule has 0 aliphatic heterocycles. The monoisotopic (exact) mass is 367 g/mol. The van der Waals surface area contributed by atoms with Crippen molar-refractivity contribution in [3.05, 3.63) is 77.7 Å². The molecule has 0 aliphatic rings. The third-order valence-electron chi connectivity index (χ3n) is 4.48. The van der Waals surface area contributed by atoms with Crippen molar-refractivity contribution in [2.75, 3.05) is 5.32 Å². The summed E-state index contributed by atoms with van der Waals surface area (Å²) in [6, 6.07) is 15.1. The van der Waals surface area contributed by atoms with Gasteiger partial charge in [0.25, 0.3) is 0 Å². The molecule has 27 heavy (non-hydrogen) atoms. The van der Waals surface area contributed by atoms with Crippen LogP contribution < -0.4 is 5.32 Å². The van der Waals surface area contributed by atoms with Crippen molar-refractivity contribution < 1.29 is 13.2 Å². The fraction of sp³-hybridized carbons (Fsp3) is 0.143. The van der Waals surface area contributed by atoms with Crippen LogP contribution in [0.5, 0.6) is 0 Å². The molecule has 0 radical (unpaired) electrons. The number of hydrogen-bond acceptors (Lipinski definition) is 3. The summed E-state index contributed by atoms with van der Waals surface area (Å²) in [7, 11) is 0. The van der Waals surface area contributed by atoms with Crippen molar-refractivity contribution in [1.29, 1.82) is 0 Å². The lowest BCUT2D eigenvalue weighted by Crippen LogP contribution is -2.05. The van der Waals surface area contributed by atoms with E-state index in [2.05, 4.69) is 21.4 Å². The molecule has 4 rings (SSSR count). The van der Waals surface area contributed by atoms with E-state index in [-0.39, 0.29) is 0 Å². The molecule has 0 unspecified atom stereocenters. The third-order valence-corrected chi connectivity index (χ3v) is 4.48. The van der Waals surface area contributed by atoms with E-state index in [0.717, 1.165) is 45.2 Å². The van der Waals surface area contributed by atoms with Crippen molar-refractivity contribution in [1.82, 2.24) is 9.97 Å². The van der Waals surface area contributed by atoms with Crippen LogP contribution in [0.2, 0.25) is 0 Å². The summed E-state index contributed by atoms with van der Waals surface area (Å²) in [4.78, 5) is 8.75. The molecule has 3 nitrogen and oxygen atoms in total. The molecule has 0 saturated carbocycles. The highest BCUT2D eigenvalue weighted by molar-refractivity contribution is 6.05. The van der Waals surface area contributed by atoms with Gasteiger partial charge in [-0.25, -0.2) is 9.97 Å². The molecular weight excluding hydrogens is 351 g/mol. The molecule has 1 aromatic heterocycles. The molecule has 0 amide bonds. The molecule has 0 atom stereocenters. The number of aryl methyl sites for hydroxylation is 1. The van der Waals surface area contributed by atoms with Gasteiger partial charge in [-0.15, -0.1) is 0 Å². The third kappa shape index (κ3) is 3.56. The van der Waals surface area contributed by atoms with E-state index >= 15 is 0 Å². The Morgan fingerprint density at radius 3 is 2.41 bits per heavy atom. The number of halogens is 3. The number of rotatable bonds is 3. The minimum Gasteiger partial charge on any atom is -0.381 e. The van der Waals surface area contributed by atoms with Gasteiger partial charge in [0.1, 0.15) is 5.82 Å². The SMILES string of the molecule is Cc1ncc2c(ccc3ccc(CNc4ccc(C(F)(F)F)cc4)cc32)n1. The standard InChI is InChI=1S/C21H16F3N3/c1-13-25-12-19-18-10-14(2-3-15(18)4-9-20(19)27-13)11-26-17-7-5-16(6-8-17)21(22,23)24/h2-10,12,26H,11H2,1H3. The highest BCUT2D eigenvalue weighted by atomic mass is 19.4. The van der Waals surface area contributed by atoms with E-state index in [1.165, 1.54) is 12.1 Å². The Labute approximate surface area is 153 Å². The Morgan fingerprint density at radius 2 is 1.67 bits per heavy atom. The lowest BCUT2D eigenvalue weighted by molar-refractivity contribution is -0.137. The van der Waals surface area contributed by atoms with Crippen LogP contribution in [0, 0.1) is 6.92 Å². The summed E-state index contributed by atoms with van der Waals surface area (Å²) in [5, 5.41) is 6.29. The number of anilines is 1. The van der Waals surface area contributed by atoms with Gasteiger partial charge < -0.3 is 5.32 Å². The summed E-state index contributed by atoms with van der Waals surface area (Å²) in [5.74, 6) is 0.724. The summed E-state index contributed by atoms with van der Waals surface area (Å²) >= 11 is 0. The maximum absolute atomic E-state index is 12.6. The fourth-order valence-electron chi connectivity index (χ4n) is 3.06. The summed E-state index contributed by atoms with van der Waals surface area (Å²) in [6.45, 7) is 2.36. The zero-order chi connectivity index (χ0) is 19.0. The molecule has 6 heteroatoms. The first-order chi connectivity index (χ1) is 12.9. The van der Waals surface area contributed by atoms with Crippen LogP contribution in [0.1, 0.15) is 17.0 Å². The Kier molecular flexibility index (Phi) is 4.18. The van der Waals surface area contributed by atoms with Crippen LogP contribution in [0.3, 0.4) is 0 Å². The van der Waals surface area contributed by atoms with Gasteiger partial charge in [-0.3, -0.25) is 0 Å².